The van der Waals surface area contributed by atoms with Crippen molar-refractivity contribution in [2.24, 2.45) is 11.7 Å². The minimum Gasteiger partial charge on any atom is -0.497 e. The number of carbonyl (C=O) groups is 3. The van der Waals surface area contributed by atoms with Crippen molar-refractivity contribution in [1.29, 1.82) is 5.41 Å². The molecule has 2 aromatic carbocycles. The Morgan fingerprint density at radius 2 is 1.70 bits per heavy atom. The minimum absolute atomic E-state index is 0.0174. The van der Waals surface area contributed by atoms with E-state index in [1.54, 1.807) is 24.3 Å². The summed E-state index contributed by atoms with van der Waals surface area (Å²) < 4.78 is 42.9. The Labute approximate surface area is 271 Å². The number of likely N-dealkylation sites (tertiary alicyclic amines) is 1. The van der Waals surface area contributed by atoms with Gasteiger partial charge in [0, 0.05) is 44.7 Å². The van der Waals surface area contributed by atoms with Gasteiger partial charge in [-0.3, -0.25) is 19.8 Å². The highest BCUT2D eigenvalue weighted by atomic mass is 32.2. The number of methoxy groups -OCH3 is 1. The SMILES string of the molecule is CCCOCCOCCCC(=O)C[C@@H](CS(=O)(=O)c1ccc(OC)cc1)C(=O)N1CCC[C@H]1C(=O)NCc1ccc(C(=N)N)cc1. The number of hydrogen-bond donors (Lipinski definition) is 3. The quantitative estimate of drug-likeness (QED) is 0.110. The number of nitrogens with zero attached hydrogens (tertiary/aromatic N) is 1. The van der Waals surface area contributed by atoms with Crippen LogP contribution < -0.4 is 15.8 Å². The number of amides is 2. The zero-order valence-electron chi connectivity index (χ0n) is 26.7. The highest BCUT2D eigenvalue weighted by molar-refractivity contribution is 7.91. The monoisotopic (exact) mass is 658 g/mol. The number of nitrogens with one attached hydrogen (secondary N) is 2. The zero-order chi connectivity index (χ0) is 33.5. The highest BCUT2D eigenvalue weighted by Gasteiger charge is 2.39. The van der Waals surface area contributed by atoms with Crippen molar-refractivity contribution in [2.75, 3.05) is 45.8 Å². The third kappa shape index (κ3) is 11.2. The molecule has 3 rings (SSSR count). The van der Waals surface area contributed by atoms with Gasteiger partial charge in [0.25, 0.3) is 0 Å². The van der Waals surface area contributed by atoms with E-state index in [-0.39, 0.29) is 48.4 Å². The molecule has 0 spiro atoms. The first-order valence-corrected chi connectivity index (χ1v) is 17.3. The van der Waals surface area contributed by atoms with Crippen LogP contribution in [-0.4, -0.2) is 88.6 Å². The summed E-state index contributed by atoms with van der Waals surface area (Å²) in [5, 5.41) is 10.4. The van der Waals surface area contributed by atoms with Crippen LogP contribution in [-0.2, 0) is 40.2 Å². The Morgan fingerprint density at radius 3 is 2.33 bits per heavy atom. The fourth-order valence-corrected chi connectivity index (χ4v) is 6.76. The molecule has 46 heavy (non-hydrogen) atoms. The summed E-state index contributed by atoms with van der Waals surface area (Å²) in [6.45, 7) is 4.39. The average Bonchev–Trinajstić information content (AvgIpc) is 3.54. The number of benzene rings is 2. The lowest BCUT2D eigenvalue weighted by Gasteiger charge is -2.28. The van der Waals surface area contributed by atoms with Gasteiger partial charge in [0.05, 0.1) is 36.9 Å². The van der Waals surface area contributed by atoms with Gasteiger partial charge in [0.15, 0.2) is 9.84 Å². The molecule has 2 atom stereocenters. The number of amidine groups is 1. The smallest absolute Gasteiger partial charge is 0.243 e. The van der Waals surface area contributed by atoms with E-state index >= 15 is 0 Å². The molecule has 4 N–H and O–H groups in total. The van der Waals surface area contributed by atoms with Gasteiger partial charge in [-0.05, 0) is 55.5 Å². The van der Waals surface area contributed by atoms with E-state index in [9.17, 15) is 22.8 Å². The second kappa shape index (κ2) is 18.4. The summed E-state index contributed by atoms with van der Waals surface area (Å²) in [6.07, 6.45) is 2.22. The summed E-state index contributed by atoms with van der Waals surface area (Å²) in [5.41, 5.74) is 6.87. The summed E-state index contributed by atoms with van der Waals surface area (Å²) in [7, 11) is -2.48. The van der Waals surface area contributed by atoms with Crippen molar-refractivity contribution in [3.8, 4) is 5.75 Å². The van der Waals surface area contributed by atoms with Crippen molar-refractivity contribution in [3.63, 3.8) is 0 Å². The fourth-order valence-electron chi connectivity index (χ4n) is 5.22. The number of carbonyl (C=O) groups excluding carboxylic acids is 3. The molecule has 1 heterocycles. The maximum Gasteiger partial charge on any atom is 0.243 e. The Morgan fingerprint density at radius 1 is 1.02 bits per heavy atom. The molecule has 2 aromatic rings. The first-order valence-electron chi connectivity index (χ1n) is 15.6. The molecule has 0 saturated carbocycles. The molecule has 0 unspecified atom stereocenters. The maximum atomic E-state index is 13.9. The standard InChI is InChI=1S/C33H46N4O8S/c1-3-17-44-19-20-45-18-5-6-27(38)21-26(23-46(41,42)29-14-12-28(43-2)13-15-29)33(40)37-16-4-7-30(37)32(39)36-22-24-8-10-25(11-9-24)31(34)35/h8-15,26,30H,3-7,16-23H2,1-2H3,(H3,34,35)(H,36,39)/t26-,30-/m0/s1. The van der Waals surface area contributed by atoms with E-state index in [0.29, 0.717) is 57.0 Å². The van der Waals surface area contributed by atoms with Crippen molar-refractivity contribution in [2.45, 2.75) is 62.9 Å². The van der Waals surface area contributed by atoms with Gasteiger partial charge in [-0.25, -0.2) is 8.42 Å². The van der Waals surface area contributed by atoms with Crippen molar-refractivity contribution in [1.82, 2.24) is 10.2 Å². The van der Waals surface area contributed by atoms with Gasteiger partial charge in [-0.15, -0.1) is 0 Å². The number of nitrogen functional groups attached to an aromatic ring is 1. The number of nitrogens with two attached hydrogens (primary N) is 1. The van der Waals surface area contributed by atoms with E-state index < -0.39 is 33.5 Å². The largest absolute Gasteiger partial charge is 0.497 e. The van der Waals surface area contributed by atoms with Crippen LogP contribution in [0.1, 0.15) is 56.6 Å². The molecule has 0 bridgehead atoms. The van der Waals surface area contributed by atoms with Crippen LogP contribution in [0.3, 0.4) is 0 Å². The number of rotatable bonds is 20. The third-order valence-electron chi connectivity index (χ3n) is 7.70. The molecular weight excluding hydrogens is 612 g/mol. The van der Waals surface area contributed by atoms with Gasteiger partial charge >= 0.3 is 0 Å². The first-order chi connectivity index (χ1) is 22.1. The predicted octanol–water partition coefficient (Wildman–Crippen LogP) is 2.86. The maximum absolute atomic E-state index is 13.9. The lowest BCUT2D eigenvalue weighted by atomic mass is 9.99. The Kier molecular flexibility index (Phi) is 14.6. The van der Waals surface area contributed by atoms with Crippen molar-refractivity contribution in [3.05, 3.63) is 59.7 Å². The lowest BCUT2D eigenvalue weighted by Crippen LogP contribution is -2.49. The van der Waals surface area contributed by atoms with Gasteiger partial charge < -0.3 is 30.2 Å². The summed E-state index contributed by atoms with van der Waals surface area (Å²) in [6, 6.07) is 12.0. The van der Waals surface area contributed by atoms with Crippen LogP contribution in [0.5, 0.6) is 5.75 Å². The van der Waals surface area contributed by atoms with E-state index in [0.717, 1.165) is 12.0 Å². The van der Waals surface area contributed by atoms with Crippen LogP contribution in [0.25, 0.3) is 0 Å². The average molecular weight is 659 g/mol. The number of Topliss-reactive ketones (excluding diaryl/α,β-unsaturated/α-hetero) is 1. The summed E-state index contributed by atoms with van der Waals surface area (Å²) >= 11 is 0. The number of ketones is 1. The number of ether oxygens (including phenoxy) is 3. The van der Waals surface area contributed by atoms with Gasteiger partial charge in [0.1, 0.15) is 23.4 Å². The lowest BCUT2D eigenvalue weighted by molar-refractivity contribution is -0.142. The second-order valence-corrected chi connectivity index (χ2v) is 13.3. The molecule has 252 valence electrons. The molecule has 12 nitrogen and oxygen atoms in total. The van der Waals surface area contributed by atoms with Crippen LogP contribution in [0.15, 0.2) is 53.4 Å². The van der Waals surface area contributed by atoms with Crippen LogP contribution in [0, 0.1) is 11.3 Å². The molecule has 0 aliphatic carbocycles. The van der Waals surface area contributed by atoms with Crippen molar-refractivity contribution >= 4 is 33.3 Å². The molecule has 13 heteroatoms. The van der Waals surface area contributed by atoms with E-state index in [1.807, 2.05) is 6.92 Å². The normalized spacial score (nSPS) is 15.3. The zero-order valence-corrected chi connectivity index (χ0v) is 27.5. The van der Waals surface area contributed by atoms with Crippen LogP contribution >= 0.6 is 0 Å². The molecule has 1 aliphatic rings. The van der Waals surface area contributed by atoms with Gasteiger partial charge in [0.2, 0.25) is 11.8 Å². The van der Waals surface area contributed by atoms with E-state index in [1.165, 1.54) is 36.3 Å². The topological polar surface area (TPSA) is 178 Å². The molecular formula is C33H46N4O8S. The number of hydrogen-bond acceptors (Lipinski definition) is 9. The van der Waals surface area contributed by atoms with Crippen LogP contribution in [0.4, 0.5) is 0 Å². The molecule has 2 amide bonds. The van der Waals surface area contributed by atoms with Gasteiger partial charge in [-0.2, -0.15) is 0 Å². The molecule has 0 aromatic heterocycles. The Balaban J connectivity index is 1.68. The molecule has 1 aliphatic heterocycles. The second-order valence-electron chi connectivity index (χ2n) is 11.2. The highest BCUT2D eigenvalue weighted by Crippen LogP contribution is 2.26. The number of sulfone groups is 1. The minimum atomic E-state index is -3.96. The van der Waals surface area contributed by atoms with E-state index in [4.69, 9.17) is 25.4 Å². The summed E-state index contributed by atoms with van der Waals surface area (Å²) in [5.74, 6) is -2.43. The van der Waals surface area contributed by atoms with Gasteiger partial charge in [-0.1, -0.05) is 31.2 Å². The molecule has 1 fully saturated rings. The fraction of sp³-hybridized carbons (Fsp3) is 0.515. The van der Waals surface area contributed by atoms with Crippen LogP contribution in [0.2, 0.25) is 0 Å². The first kappa shape index (κ1) is 36.7. The molecule has 1 saturated heterocycles. The third-order valence-corrected chi connectivity index (χ3v) is 9.53. The molecule has 0 radical (unpaired) electrons. The van der Waals surface area contributed by atoms with E-state index in [2.05, 4.69) is 5.32 Å². The Hall–Kier alpha value is -3.81. The summed E-state index contributed by atoms with van der Waals surface area (Å²) in [4.78, 5) is 41.6. The predicted molar refractivity (Wildman–Crippen MR) is 173 cm³/mol. The Bertz CT molecular complexity index is 1410. The van der Waals surface area contributed by atoms with Crippen molar-refractivity contribution < 1.29 is 37.0 Å².